The number of sulfonamides is 1. The van der Waals surface area contributed by atoms with Crippen LogP contribution in [0.3, 0.4) is 0 Å². The van der Waals surface area contributed by atoms with E-state index in [-0.39, 0.29) is 10.8 Å². The lowest BCUT2D eigenvalue weighted by atomic mass is 10.1. The van der Waals surface area contributed by atoms with Gasteiger partial charge in [0.15, 0.2) is 0 Å². The molecule has 2 aromatic carbocycles. The Labute approximate surface area is 154 Å². The van der Waals surface area contributed by atoms with Crippen molar-refractivity contribution in [3.8, 4) is 0 Å². The minimum absolute atomic E-state index is 0.185. The Morgan fingerprint density at radius 1 is 1.04 bits per heavy atom. The summed E-state index contributed by atoms with van der Waals surface area (Å²) in [5.41, 5.74) is 1.71. The first kappa shape index (κ1) is 18.4. The van der Waals surface area contributed by atoms with Crippen LogP contribution in [0.5, 0.6) is 0 Å². The van der Waals surface area contributed by atoms with Gasteiger partial charge in [-0.25, -0.2) is 8.42 Å². The summed E-state index contributed by atoms with van der Waals surface area (Å²) in [6.07, 6.45) is 0. The summed E-state index contributed by atoms with van der Waals surface area (Å²) in [6, 6.07) is 13.4. The van der Waals surface area contributed by atoms with Crippen LogP contribution in [0.15, 0.2) is 53.4 Å². The summed E-state index contributed by atoms with van der Waals surface area (Å²) < 4.78 is 32.4. The minimum atomic E-state index is -3.76. The monoisotopic (exact) mass is 374 g/mol. The fourth-order valence-corrected chi connectivity index (χ4v) is 4.08. The van der Waals surface area contributed by atoms with E-state index >= 15 is 0 Å². The van der Waals surface area contributed by atoms with Gasteiger partial charge in [0, 0.05) is 20.1 Å². The van der Waals surface area contributed by atoms with Crippen LogP contribution in [0.4, 0.5) is 5.69 Å². The Balaban J connectivity index is 1.96. The van der Waals surface area contributed by atoms with E-state index in [1.165, 1.54) is 11.4 Å². The van der Waals surface area contributed by atoms with Crippen molar-refractivity contribution >= 4 is 21.6 Å². The molecule has 0 radical (unpaired) electrons. The highest BCUT2D eigenvalue weighted by Gasteiger charge is 2.27. The zero-order valence-electron chi connectivity index (χ0n) is 14.9. The third kappa shape index (κ3) is 3.59. The smallest absolute Gasteiger partial charge is 0.264 e. The molecule has 7 heteroatoms. The van der Waals surface area contributed by atoms with Crippen LogP contribution >= 0.6 is 0 Å². The Morgan fingerprint density at radius 3 is 2.31 bits per heavy atom. The molecule has 0 aliphatic carbocycles. The van der Waals surface area contributed by atoms with Crippen molar-refractivity contribution in [1.82, 2.24) is 4.90 Å². The Bertz CT molecular complexity index is 888. The van der Waals surface area contributed by atoms with Gasteiger partial charge in [-0.15, -0.1) is 0 Å². The first-order valence-corrected chi connectivity index (χ1v) is 9.87. The molecule has 0 aromatic heterocycles. The normalized spacial score (nSPS) is 14.9. The molecule has 0 atom stereocenters. The van der Waals surface area contributed by atoms with Crippen LogP contribution in [0.25, 0.3) is 0 Å². The molecular formula is C19H22N2O4S. The van der Waals surface area contributed by atoms with Crippen LogP contribution in [-0.2, 0) is 14.8 Å². The molecular weight excluding hydrogens is 352 g/mol. The van der Waals surface area contributed by atoms with Gasteiger partial charge in [0.05, 0.1) is 29.4 Å². The summed E-state index contributed by atoms with van der Waals surface area (Å²) in [5.74, 6) is -0.185. The van der Waals surface area contributed by atoms with E-state index in [1.807, 2.05) is 6.92 Å². The Hall–Kier alpha value is -2.38. The van der Waals surface area contributed by atoms with Crippen LogP contribution in [0.2, 0.25) is 0 Å². The zero-order valence-corrected chi connectivity index (χ0v) is 15.7. The van der Waals surface area contributed by atoms with Crippen molar-refractivity contribution in [2.45, 2.75) is 11.8 Å². The third-order valence-corrected chi connectivity index (χ3v) is 6.24. The number of benzene rings is 2. The minimum Gasteiger partial charge on any atom is -0.378 e. The lowest BCUT2D eigenvalue weighted by Crippen LogP contribution is -2.41. The molecule has 26 heavy (non-hydrogen) atoms. The lowest BCUT2D eigenvalue weighted by Gasteiger charge is -2.29. The number of rotatable bonds is 4. The average Bonchev–Trinajstić information content (AvgIpc) is 2.68. The average molecular weight is 374 g/mol. The second kappa shape index (κ2) is 7.47. The van der Waals surface area contributed by atoms with Gasteiger partial charge < -0.3 is 9.64 Å². The first-order valence-electron chi connectivity index (χ1n) is 8.43. The van der Waals surface area contributed by atoms with E-state index in [2.05, 4.69) is 0 Å². The van der Waals surface area contributed by atoms with E-state index in [9.17, 15) is 13.2 Å². The standard InChI is InChI=1S/C19H22N2O4S/c1-15-7-9-16(10-8-15)26(23,24)20(2)18-6-4-3-5-17(18)19(22)21-11-13-25-14-12-21/h3-10H,11-14H2,1-2H3. The molecule has 0 bridgehead atoms. The predicted molar refractivity (Wildman–Crippen MR) is 99.9 cm³/mol. The molecule has 1 fully saturated rings. The van der Waals surface area contributed by atoms with Crippen molar-refractivity contribution in [2.75, 3.05) is 37.7 Å². The summed E-state index contributed by atoms with van der Waals surface area (Å²) >= 11 is 0. The number of aryl methyl sites for hydroxylation is 1. The molecule has 2 aromatic rings. The quantitative estimate of drug-likeness (QED) is 0.824. The van der Waals surface area contributed by atoms with Crippen LogP contribution in [-0.4, -0.2) is 52.6 Å². The van der Waals surface area contributed by atoms with Crippen molar-refractivity contribution in [2.24, 2.45) is 0 Å². The molecule has 0 N–H and O–H groups in total. The molecule has 0 saturated carbocycles. The number of amides is 1. The van der Waals surface area contributed by atoms with E-state index < -0.39 is 10.0 Å². The number of carbonyl (C=O) groups is 1. The van der Waals surface area contributed by atoms with Crippen LogP contribution in [0, 0.1) is 6.92 Å². The van der Waals surface area contributed by atoms with Crippen LogP contribution in [0.1, 0.15) is 15.9 Å². The van der Waals surface area contributed by atoms with Gasteiger partial charge in [0.2, 0.25) is 0 Å². The Kier molecular flexibility index (Phi) is 5.29. The SMILES string of the molecule is Cc1ccc(S(=O)(=O)N(C)c2ccccc2C(=O)N2CCOCC2)cc1. The van der Waals surface area contributed by atoms with Gasteiger partial charge in [0.25, 0.3) is 15.9 Å². The summed E-state index contributed by atoms with van der Waals surface area (Å²) in [6.45, 7) is 3.89. The van der Waals surface area contributed by atoms with E-state index in [4.69, 9.17) is 4.74 Å². The number of hydrogen-bond donors (Lipinski definition) is 0. The second-order valence-electron chi connectivity index (χ2n) is 6.21. The van der Waals surface area contributed by atoms with Crippen molar-refractivity contribution in [3.63, 3.8) is 0 Å². The summed E-state index contributed by atoms with van der Waals surface area (Å²) in [4.78, 5) is 14.8. The van der Waals surface area contributed by atoms with Gasteiger partial charge >= 0.3 is 0 Å². The topological polar surface area (TPSA) is 66.9 Å². The fraction of sp³-hybridized carbons (Fsp3) is 0.316. The van der Waals surface area contributed by atoms with E-state index in [1.54, 1.807) is 53.4 Å². The first-order chi connectivity index (χ1) is 12.4. The number of para-hydroxylation sites is 1. The second-order valence-corrected chi connectivity index (χ2v) is 8.18. The Morgan fingerprint density at radius 2 is 1.65 bits per heavy atom. The van der Waals surface area contributed by atoms with Gasteiger partial charge in [0.1, 0.15) is 0 Å². The van der Waals surface area contributed by atoms with E-state index in [0.29, 0.717) is 37.6 Å². The zero-order chi connectivity index (χ0) is 18.7. The molecule has 1 saturated heterocycles. The molecule has 1 aliphatic heterocycles. The fourth-order valence-electron chi connectivity index (χ4n) is 2.86. The maximum absolute atomic E-state index is 13.0. The molecule has 1 amide bonds. The summed E-state index contributed by atoms with van der Waals surface area (Å²) in [7, 11) is -2.28. The molecule has 3 rings (SSSR count). The number of ether oxygens (including phenoxy) is 1. The highest BCUT2D eigenvalue weighted by Crippen LogP contribution is 2.27. The molecule has 1 aliphatic rings. The van der Waals surface area contributed by atoms with Crippen LogP contribution < -0.4 is 4.31 Å². The number of anilines is 1. The van der Waals surface area contributed by atoms with Gasteiger partial charge in [-0.1, -0.05) is 29.8 Å². The van der Waals surface area contributed by atoms with Gasteiger partial charge in [-0.3, -0.25) is 9.10 Å². The molecule has 1 heterocycles. The number of hydrogen-bond acceptors (Lipinski definition) is 4. The van der Waals surface area contributed by atoms with Crippen molar-refractivity contribution < 1.29 is 17.9 Å². The van der Waals surface area contributed by atoms with E-state index in [0.717, 1.165) is 5.56 Å². The van der Waals surface area contributed by atoms with Crippen molar-refractivity contribution in [1.29, 1.82) is 0 Å². The molecule has 138 valence electrons. The predicted octanol–water partition coefficient (Wildman–Crippen LogP) is 2.29. The molecule has 6 nitrogen and oxygen atoms in total. The van der Waals surface area contributed by atoms with Gasteiger partial charge in [-0.2, -0.15) is 0 Å². The lowest BCUT2D eigenvalue weighted by molar-refractivity contribution is 0.0303. The maximum atomic E-state index is 13.0. The largest absolute Gasteiger partial charge is 0.378 e. The maximum Gasteiger partial charge on any atom is 0.264 e. The number of morpholine rings is 1. The van der Waals surface area contributed by atoms with Crippen molar-refractivity contribution in [3.05, 3.63) is 59.7 Å². The highest BCUT2D eigenvalue weighted by atomic mass is 32.2. The number of nitrogens with zero attached hydrogens (tertiary/aromatic N) is 2. The highest BCUT2D eigenvalue weighted by molar-refractivity contribution is 7.92. The molecule has 0 unspecified atom stereocenters. The molecule has 0 spiro atoms. The van der Waals surface area contributed by atoms with Gasteiger partial charge in [-0.05, 0) is 31.2 Å². The third-order valence-electron chi connectivity index (χ3n) is 4.45. The summed E-state index contributed by atoms with van der Waals surface area (Å²) in [5, 5.41) is 0. The number of carbonyl (C=O) groups excluding carboxylic acids is 1.